The van der Waals surface area contributed by atoms with Gasteiger partial charge in [-0.1, -0.05) is 53.8 Å². The molecular weight excluding hydrogens is 274 g/mol. The lowest BCUT2D eigenvalue weighted by molar-refractivity contribution is 0.475. The predicted molar refractivity (Wildman–Crippen MR) is 88.7 cm³/mol. The number of phenolic OH excluding ortho intramolecular Hbond substituents is 1. The molecule has 3 aromatic rings. The van der Waals surface area contributed by atoms with Crippen molar-refractivity contribution in [1.29, 1.82) is 0 Å². The monoisotopic (exact) mass is 289 g/mol. The van der Waals surface area contributed by atoms with Gasteiger partial charge in [-0.2, -0.15) is 0 Å². The van der Waals surface area contributed by atoms with Crippen LogP contribution < -0.4 is 0 Å². The van der Waals surface area contributed by atoms with Crippen LogP contribution in [0.5, 0.6) is 5.75 Å². The summed E-state index contributed by atoms with van der Waals surface area (Å²) < 4.78 is 1.65. The van der Waals surface area contributed by atoms with E-state index >= 15 is 0 Å². The molecule has 0 unspecified atom stereocenters. The first-order chi connectivity index (χ1) is 10.8. The lowest BCUT2D eigenvalue weighted by Gasteiger charge is -1.93. The highest BCUT2D eigenvalue weighted by molar-refractivity contribution is 5.68. The summed E-state index contributed by atoms with van der Waals surface area (Å²) in [4.78, 5) is 0. The Labute approximate surface area is 128 Å². The van der Waals surface area contributed by atoms with Crippen molar-refractivity contribution in [1.82, 2.24) is 15.0 Å². The Morgan fingerprint density at radius 3 is 2.32 bits per heavy atom. The zero-order chi connectivity index (χ0) is 15.2. The Balaban J connectivity index is 1.68. The Kier molecular flexibility index (Phi) is 4.11. The van der Waals surface area contributed by atoms with Crippen LogP contribution >= 0.6 is 0 Å². The predicted octanol–water partition coefficient (Wildman–Crippen LogP) is 3.78. The van der Waals surface area contributed by atoms with Crippen molar-refractivity contribution in [2.75, 3.05) is 0 Å². The Bertz CT molecular complexity index is 787. The number of hydrogen-bond donors (Lipinski definition) is 1. The van der Waals surface area contributed by atoms with E-state index in [1.165, 1.54) is 0 Å². The Morgan fingerprint density at radius 1 is 0.818 bits per heavy atom. The normalized spacial score (nSPS) is 11.5. The Morgan fingerprint density at radius 2 is 1.55 bits per heavy atom. The third-order valence-electron chi connectivity index (χ3n) is 3.09. The maximum absolute atomic E-state index is 9.24. The second kappa shape index (κ2) is 6.54. The number of nitrogens with zero attached hydrogens (tertiary/aromatic N) is 3. The van der Waals surface area contributed by atoms with E-state index in [1.54, 1.807) is 16.8 Å². The molecule has 0 aliphatic heterocycles. The van der Waals surface area contributed by atoms with Gasteiger partial charge in [0.2, 0.25) is 0 Å². The summed E-state index contributed by atoms with van der Waals surface area (Å²) in [6.45, 7) is 0. The molecule has 1 heterocycles. The molecule has 0 radical (unpaired) electrons. The van der Waals surface area contributed by atoms with Crippen molar-refractivity contribution in [3.8, 4) is 5.75 Å². The molecule has 0 saturated carbocycles. The molecule has 0 bridgehead atoms. The number of aromatic nitrogens is 3. The van der Waals surface area contributed by atoms with Gasteiger partial charge in [0.25, 0.3) is 0 Å². The topological polar surface area (TPSA) is 50.9 Å². The third-order valence-corrected chi connectivity index (χ3v) is 3.09. The standard InChI is InChI=1S/C18H15N3O/c22-18-10-7-16(8-11-18)12-13-21-14-17(19-20-21)9-6-15-4-2-1-3-5-15/h1-14,22H/b9-6+,13-12+. The first-order valence-corrected chi connectivity index (χ1v) is 6.92. The highest BCUT2D eigenvalue weighted by atomic mass is 16.3. The quantitative estimate of drug-likeness (QED) is 0.795. The van der Waals surface area contributed by atoms with Crippen molar-refractivity contribution >= 4 is 24.4 Å². The maximum Gasteiger partial charge on any atom is 0.115 e. The SMILES string of the molecule is Oc1ccc(/C=C/n2cc(/C=C/c3ccccc3)nn2)cc1. The summed E-state index contributed by atoms with van der Waals surface area (Å²) in [5.41, 5.74) is 2.89. The molecule has 4 nitrogen and oxygen atoms in total. The van der Waals surface area contributed by atoms with Crippen LogP contribution in [0.4, 0.5) is 0 Å². The van der Waals surface area contributed by atoms with Crippen LogP contribution in [0.15, 0.2) is 60.8 Å². The fraction of sp³-hybridized carbons (Fsp3) is 0. The average Bonchev–Trinajstić information content (AvgIpc) is 3.01. The molecule has 0 spiro atoms. The van der Waals surface area contributed by atoms with Gasteiger partial charge in [0, 0.05) is 6.20 Å². The summed E-state index contributed by atoms with van der Waals surface area (Å²) in [7, 11) is 0. The minimum atomic E-state index is 0.256. The fourth-order valence-electron chi connectivity index (χ4n) is 1.93. The largest absolute Gasteiger partial charge is 0.508 e. The zero-order valence-corrected chi connectivity index (χ0v) is 11.9. The number of hydrogen-bond acceptors (Lipinski definition) is 3. The summed E-state index contributed by atoms with van der Waals surface area (Å²) >= 11 is 0. The van der Waals surface area contributed by atoms with E-state index in [4.69, 9.17) is 0 Å². The van der Waals surface area contributed by atoms with Crippen molar-refractivity contribution in [3.63, 3.8) is 0 Å². The molecular formula is C18H15N3O. The molecule has 0 amide bonds. The zero-order valence-electron chi connectivity index (χ0n) is 11.9. The van der Waals surface area contributed by atoms with Gasteiger partial charge in [0.15, 0.2) is 0 Å². The second-order valence-corrected chi connectivity index (χ2v) is 4.77. The highest BCUT2D eigenvalue weighted by Crippen LogP contribution is 2.11. The van der Waals surface area contributed by atoms with Gasteiger partial charge in [-0.05, 0) is 35.4 Å². The number of aromatic hydroxyl groups is 1. The summed E-state index contributed by atoms with van der Waals surface area (Å²) in [6, 6.07) is 17.0. The number of benzene rings is 2. The molecule has 0 atom stereocenters. The van der Waals surface area contributed by atoms with Gasteiger partial charge < -0.3 is 5.11 Å². The summed E-state index contributed by atoms with van der Waals surface area (Å²) in [5.74, 6) is 0.256. The van der Waals surface area contributed by atoms with Crippen molar-refractivity contribution < 1.29 is 5.11 Å². The van der Waals surface area contributed by atoms with Crippen LogP contribution in [0, 0.1) is 0 Å². The van der Waals surface area contributed by atoms with Crippen molar-refractivity contribution in [2.24, 2.45) is 0 Å². The summed E-state index contributed by atoms with van der Waals surface area (Å²) in [6.07, 6.45) is 9.49. The molecule has 0 aliphatic rings. The van der Waals surface area contributed by atoms with Crippen LogP contribution in [0.25, 0.3) is 24.4 Å². The van der Waals surface area contributed by atoms with Crippen molar-refractivity contribution in [3.05, 3.63) is 77.6 Å². The molecule has 108 valence electrons. The van der Waals surface area contributed by atoms with Crippen molar-refractivity contribution in [2.45, 2.75) is 0 Å². The number of phenols is 1. The number of rotatable bonds is 4. The van der Waals surface area contributed by atoms with Gasteiger partial charge in [0.05, 0.1) is 6.20 Å². The summed E-state index contributed by atoms with van der Waals surface area (Å²) in [5, 5.41) is 17.4. The first-order valence-electron chi connectivity index (χ1n) is 6.92. The van der Waals surface area contributed by atoms with E-state index < -0.39 is 0 Å². The van der Waals surface area contributed by atoms with E-state index in [1.807, 2.05) is 73.1 Å². The molecule has 22 heavy (non-hydrogen) atoms. The minimum absolute atomic E-state index is 0.256. The highest BCUT2D eigenvalue weighted by Gasteiger charge is 1.94. The molecule has 2 aromatic carbocycles. The van der Waals surface area contributed by atoms with Crippen LogP contribution in [0.2, 0.25) is 0 Å². The average molecular weight is 289 g/mol. The van der Waals surface area contributed by atoms with Gasteiger partial charge in [-0.3, -0.25) is 0 Å². The van der Waals surface area contributed by atoms with E-state index in [0.717, 1.165) is 16.8 Å². The van der Waals surface area contributed by atoms with Crippen LogP contribution in [-0.2, 0) is 0 Å². The minimum Gasteiger partial charge on any atom is -0.508 e. The molecule has 0 aliphatic carbocycles. The van der Waals surface area contributed by atoms with E-state index in [-0.39, 0.29) is 5.75 Å². The van der Waals surface area contributed by atoms with Gasteiger partial charge >= 0.3 is 0 Å². The molecule has 0 saturated heterocycles. The lowest BCUT2D eigenvalue weighted by Crippen LogP contribution is -1.85. The molecule has 1 aromatic heterocycles. The van der Waals surface area contributed by atoms with E-state index in [0.29, 0.717) is 0 Å². The van der Waals surface area contributed by atoms with E-state index in [9.17, 15) is 5.11 Å². The molecule has 0 fully saturated rings. The van der Waals surface area contributed by atoms with E-state index in [2.05, 4.69) is 10.3 Å². The van der Waals surface area contributed by atoms with Gasteiger partial charge in [-0.25, -0.2) is 4.68 Å². The van der Waals surface area contributed by atoms with Crippen LogP contribution in [-0.4, -0.2) is 20.1 Å². The van der Waals surface area contributed by atoms with Crippen LogP contribution in [0.1, 0.15) is 16.8 Å². The van der Waals surface area contributed by atoms with Gasteiger partial charge in [-0.15, -0.1) is 5.10 Å². The van der Waals surface area contributed by atoms with Gasteiger partial charge in [0.1, 0.15) is 11.4 Å². The molecule has 3 rings (SSSR count). The van der Waals surface area contributed by atoms with Crippen LogP contribution in [0.3, 0.4) is 0 Å². The first kappa shape index (κ1) is 13.8. The molecule has 1 N–H and O–H groups in total. The smallest absolute Gasteiger partial charge is 0.115 e. The lowest BCUT2D eigenvalue weighted by atomic mass is 10.2. The third kappa shape index (κ3) is 3.70. The second-order valence-electron chi connectivity index (χ2n) is 4.77. The molecule has 4 heteroatoms. The fourth-order valence-corrected chi connectivity index (χ4v) is 1.93. The maximum atomic E-state index is 9.24. The Hall–Kier alpha value is -3.14.